The van der Waals surface area contributed by atoms with Crippen molar-refractivity contribution in [3.8, 4) is 0 Å². The molecule has 0 spiro atoms. The number of amides is 1. The van der Waals surface area contributed by atoms with E-state index in [9.17, 15) is 9.59 Å². The van der Waals surface area contributed by atoms with Gasteiger partial charge in [-0.3, -0.25) is 5.43 Å². The van der Waals surface area contributed by atoms with Crippen molar-refractivity contribution in [3.05, 3.63) is 12.3 Å². The number of hydrogen-bond donors (Lipinski definition) is 3. The first kappa shape index (κ1) is 16.9. The molecule has 1 unspecified atom stereocenters. The molecule has 0 saturated heterocycles. The summed E-state index contributed by atoms with van der Waals surface area (Å²) < 4.78 is 9.83. The highest BCUT2D eigenvalue weighted by Crippen LogP contribution is 2.07. The molecule has 0 heterocycles. The zero-order valence-corrected chi connectivity index (χ0v) is 11.5. The van der Waals surface area contributed by atoms with Crippen molar-refractivity contribution >= 4 is 12.1 Å². The molecule has 0 rings (SSSR count). The van der Waals surface area contributed by atoms with E-state index in [1.165, 1.54) is 12.3 Å². The molecule has 1 amide bonds. The molecule has 8 nitrogen and oxygen atoms in total. The molecule has 0 saturated carbocycles. The lowest BCUT2D eigenvalue weighted by Crippen LogP contribution is -2.43. The maximum atomic E-state index is 11.6. The summed E-state index contributed by atoms with van der Waals surface area (Å²) in [5.74, 6) is -0.628. The van der Waals surface area contributed by atoms with Crippen molar-refractivity contribution in [2.24, 2.45) is 5.22 Å². The Morgan fingerprint density at radius 2 is 2.05 bits per heavy atom. The van der Waals surface area contributed by atoms with Gasteiger partial charge in [-0.25, -0.2) is 9.59 Å². The molecule has 0 aromatic heterocycles. The highest BCUT2D eigenvalue weighted by molar-refractivity contribution is 5.83. The van der Waals surface area contributed by atoms with Crippen LogP contribution in [0.3, 0.4) is 0 Å². The summed E-state index contributed by atoms with van der Waals surface area (Å²) in [6, 6.07) is -1.01. The van der Waals surface area contributed by atoms with Crippen LogP contribution in [-0.4, -0.2) is 30.3 Å². The minimum Gasteiger partial charge on any atom is -0.464 e. The predicted octanol–water partition coefficient (Wildman–Crippen LogP) is 1.49. The largest absolute Gasteiger partial charge is 0.464 e. The normalized spacial score (nSPS) is 12.6. The van der Waals surface area contributed by atoms with Crippen molar-refractivity contribution in [2.45, 2.75) is 39.3 Å². The van der Waals surface area contributed by atoms with Gasteiger partial charge in [0.1, 0.15) is 11.6 Å². The summed E-state index contributed by atoms with van der Waals surface area (Å²) in [6.07, 6.45) is 1.81. The van der Waals surface area contributed by atoms with Gasteiger partial charge >= 0.3 is 12.1 Å². The fourth-order valence-electron chi connectivity index (χ4n) is 1.03. The number of ether oxygens (including phenoxy) is 2. The maximum Gasteiger partial charge on any atom is 0.408 e. The van der Waals surface area contributed by atoms with E-state index in [0.717, 1.165) is 0 Å². The van der Waals surface area contributed by atoms with Crippen LogP contribution < -0.4 is 10.7 Å². The Morgan fingerprint density at radius 1 is 1.42 bits per heavy atom. The number of carbonyl (C=O) groups excluding carboxylic acids is 2. The van der Waals surface area contributed by atoms with Gasteiger partial charge in [0, 0.05) is 6.20 Å². The second-order valence-corrected chi connectivity index (χ2v) is 4.48. The number of alkyl carbamates (subject to hydrolysis) is 1. The molecule has 1 atom stereocenters. The molecule has 0 aromatic carbocycles. The van der Waals surface area contributed by atoms with E-state index in [4.69, 9.17) is 15.0 Å². The molecule has 8 heteroatoms. The summed E-state index contributed by atoms with van der Waals surface area (Å²) in [5.41, 5.74) is 8.07. The Bertz CT molecular complexity index is 349. The van der Waals surface area contributed by atoms with Crippen molar-refractivity contribution in [1.82, 2.24) is 10.7 Å². The number of hydrogen-bond acceptors (Lipinski definition) is 6. The Balaban J connectivity index is 4.61. The van der Waals surface area contributed by atoms with Crippen LogP contribution in [0.5, 0.6) is 0 Å². The van der Waals surface area contributed by atoms with Crippen LogP contribution in [0.2, 0.25) is 0 Å². The second-order valence-electron chi connectivity index (χ2n) is 4.48. The van der Waals surface area contributed by atoms with E-state index in [1.807, 2.05) is 0 Å². The molecule has 0 fully saturated rings. The van der Waals surface area contributed by atoms with Crippen LogP contribution in [-0.2, 0) is 14.3 Å². The molecule has 0 aliphatic rings. The van der Waals surface area contributed by atoms with Crippen LogP contribution >= 0.6 is 0 Å². The molecule has 0 aliphatic carbocycles. The molecule has 108 valence electrons. The monoisotopic (exact) mass is 272 g/mol. The second kappa shape index (κ2) is 8.06. The Labute approximate surface area is 112 Å². The van der Waals surface area contributed by atoms with Crippen LogP contribution in [0.25, 0.3) is 0 Å². The molecule has 0 bridgehead atoms. The van der Waals surface area contributed by atoms with Crippen LogP contribution in [0.1, 0.15) is 27.7 Å². The fourth-order valence-corrected chi connectivity index (χ4v) is 1.03. The first-order chi connectivity index (χ1) is 8.80. The summed E-state index contributed by atoms with van der Waals surface area (Å²) in [7, 11) is 0. The SMILES string of the molecule is CCOC(=O)C(/C=C/NN=N)NC(=O)OC(C)(C)C. The van der Waals surface area contributed by atoms with Crippen LogP contribution in [0.15, 0.2) is 17.5 Å². The highest BCUT2D eigenvalue weighted by Gasteiger charge is 2.23. The lowest BCUT2D eigenvalue weighted by Gasteiger charge is -2.21. The topological polar surface area (TPSA) is 113 Å². The van der Waals surface area contributed by atoms with E-state index in [0.29, 0.717) is 0 Å². The van der Waals surface area contributed by atoms with Gasteiger partial charge in [-0.2, -0.15) is 5.53 Å². The zero-order chi connectivity index (χ0) is 14.9. The quantitative estimate of drug-likeness (QED) is 0.385. The van der Waals surface area contributed by atoms with Crippen molar-refractivity contribution in [2.75, 3.05) is 6.61 Å². The minimum absolute atomic E-state index is 0.190. The number of esters is 1. The van der Waals surface area contributed by atoms with Gasteiger partial charge in [-0.15, -0.1) is 0 Å². The van der Waals surface area contributed by atoms with Gasteiger partial charge < -0.3 is 14.8 Å². The van der Waals surface area contributed by atoms with Gasteiger partial charge in [-0.1, -0.05) is 5.22 Å². The minimum atomic E-state index is -1.01. The van der Waals surface area contributed by atoms with Gasteiger partial charge in [0.2, 0.25) is 0 Å². The third-order valence-corrected chi connectivity index (χ3v) is 1.64. The molecular formula is C11H20N4O4. The standard InChI is InChI=1S/C11H20N4O4/c1-5-18-9(16)8(6-7-13-15-12)14-10(17)19-11(2,3)4/h6-8H,5H2,1-4H3,(H2,12,13)(H,14,17)/b7-6+. The first-order valence-corrected chi connectivity index (χ1v) is 5.75. The van der Waals surface area contributed by atoms with Gasteiger partial charge in [0.05, 0.1) is 6.61 Å². The number of carbonyl (C=O) groups is 2. The summed E-state index contributed by atoms with van der Waals surface area (Å²) in [5, 5.41) is 5.22. The average molecular weight is 272 g/mol. The summed E-state index contributed by atoms with van der Waals surface area (Å²) in [6.45, 7) is 6.98. The summed E-state index contributed by atoms with van der Waals surface area (Å²) >= 11 is 0. The first-order valence-electron chi connectivity index (χ1n) is 5.75. The van der Waals surface area contributed by atoms with Gasteiger partial charge in [0.15, 0.2) is 0 Å². The van der Waals surface area contributed by atoms with Gasteiger partial charge in [-0.05, 0) is 33.8 Å². The molecule has 19 heavy (non-hydrogen) atoms. The van der Waals surface area contributed by atoms with E-state index in [-0.39, 0.29) is 6.61 Å². The van der Waals surface area contributed by atoms with Crippen molar-refractivity contribution < 1.29 is 19.1 Å². The van der Waals surface area contributed by atoms with Crippen LogP contribution in [0, 0.1) is 5.53 Å². The molecule has 3 N–H and O–H groups in total. The fraction of sp³-hybridized carbons (Fsp3) is 0.636. The third kappa shape index (κ3) is 8.58. The van der Waals surface area contributed by atoms with E-state index in [1.54, 1.807) is 27.7 Å². The Morgan fingerprint density at radius 3 is 2.53 bits per heavy atom. The lowest BCUT2D eigenvalue weighted by atomic mass is 10.2. The van der Waals surface area contributed by atoms with Crippen molar-refractivity contribution in [3.63, 3.8) is 0 Å². The zero-order valence-electron chi connectivity index (χ0n) is 11.5. The van der Waals surface area contributed by atoms with Gasteiger partial charge in [0.25, 0.3) is 0 Å². The molecule has 0 aliphatic heterocycles. The lowest BCUT2D eigenvalue weighted by molar-refractivity contribution is -0.144. The Kier molecular flexibility index (Phi) is 7.16. The molecule has 0 radical (unpaired) electrons. The molecular weight excluding hydrogens is 252 g/mol. The number of nitrogens with one attached hydrogen (secondary N) is 3. The van der Waals surface area contributed by atoms with Crippen molar-refractivity contribution in [1.29, 1.82) is 5.53 Å². The van der Waals surface area contributed by atoms with E-state index < -0.39 is 23.7 Å². The Hall–Kier alpha value is -2.12. The summed E-state index contributed by atoms with van der Waals surface area (Å²) in [4.78, 5) is 23.1. The number of rotatable bonds is 6. The molecule has 0 aromatic rings. The van der Waals surface area contributed by atoms with Crippen LogP contribution in [0.4, 0.5) is 4.79 Å². The third-order valence-electron chi connectivity index (χ3n) is 1.64. The predicted molar refractivity (Wildman–Crippen MR) is 67.2 cm³/mol. The number of nitrogens with zero attached hydrogens (tertiary/aromatic N) is 1. The average Bonchev–Trinajstić information content (AvgIpc) is 2.25. The smallest absolute Gasteiger partial charge is 0.408 e. The van der Waals surface area contributed by atoms with E-state index in [2.05, 4.69) is 16.0 Å². The van der Waals surface area contributed by atoms with E-state index >= 15 is 0 Å². The highest BCUT2D eigenvalue weighted by atomic mass is 16.6. The maximum absolute atomic E-state index is 11.6.